The van der Waals surface area contributed by atoms with E-state index in [4.69, 9.17) is 9.47 Å². The van der Waals surface area contributed by atoms with Gasteiger partial charge in [0.15, 0.2) is 6.61 Å². The molecule has 2 aromatic carbocycles. The first-order valence-corrected chi connectivity index (χ1v) is 10.8. The topological polar surface area (TPSA) is 111 Å². The number of nitrogens with one attached hydrogen (secondary N) is 1. The molecule has 9 nitrogen and oxygen atoms in total. The highest BCUT2D eigenvalue weighted by Gasteiger charge is 2.31. The van der Waals surface area contributed by atoms with E-state index in [1.807, 2.05) is 20.8 Å². The molecule has 0 unspecified atom stereocenters. The summed E-state index contributed by atoms with van der Waals surface area (Å²) in [6.45, 7) is 6.97. The van der Waals surface area contributed by atoms with Crippen molar-refractivity contribution in [2.75, 3.05) is 13.7 Å². The van der Waals surface area contributed by atoms with E-state index in [1.54, 1.807) is 19.1 Å². The zero-order valence-corrected chi connectivity index (χ0v) is 20.0. The van der Waals surface area contributed by atoms with Crippen LogP contribution in [0.2, 0.25) is 0 Å². The molecule has 0 bridgehead atoms. The number of nitro benzene ring substituents is 1. The van der Waals surface area contributed by atoms with Crippen molar-refractivity contribution in [2.24, 2.45) is 0 Å². The molecular formula is C24H30FN3O6. The van der Waals surface area contributed by atoms with Gasteiger partial charge in [-0.25, -0.2) is 4.39 Å². The van der Waals surface area contributed by atoms with Crippen LogP contribution in [-0.2, 0) is 16.1 Å². The highest BCUT2D eigenvalue weighted by atomic mass is 19.1. The fourth-order valence-electron chi connectivity index (χ4n) is 3.29. The minimum atomic E-state index is -0.785. The van der Waals surface area contributed by atoms with E-state index >= 15 is 0 Å². The molecule has 1 atom stereocenters. The van der Waals surface area contributed by atoms with Gasteiger partial charge in [0.25, 0.3) is 5.91 Å². The molecule has 2 rings (SSSR count). The molecule has 0 aliphatic carbocycles. The second kappa shape index (κ2) is 11.4. The molecule has 0 saturated carbocycles. The number of halogens is 1. The Hall–Kier alpha value is -3.69. The number of hydrogen-bond donors (Lipinski definition) is 1. The van der Waals surface area contributed by atoms with Gasteiger partial charge >= 0.3 is 5.69 Å². The Labute approximate surface area is 198 Å². The van der Waals surface area contributed by atoms with E-state index in [1.165, 1.54) is 42.3 Å². The summed E-state index contributed by atoms with van der Waals surface area (Å²) < 4.78 is 23.9. The number of amides is 2. The molecule has 0 aromatic heterocycles. The van der Waals surface area contributed by atoms with Crippen LogP contribution < -0.4 is 14.8 Å². The van der Waals surface area contributed by atoms with E-state index in [0.717, 1.165) is 0 Å². The maximum Gasteiger partial charge on any atom is 0.311 e. The van der Waals surface area contributed by atoms with Gasteiger partial charge in [0, 0.05) is 24.2 Å². The van der Waals surface area contributed by atoms with Crippen molar-refractivity contribution < 1.29 is 28.4 Å². The summed E-state index contributed by atoms with van der Waals surface area (Å²) in [5, 5.41) is 14.0. The third kappa shape index (κ3) is 7.43. The van der Waals surface area contributed by atoms with Crippen molar-refractivity contribution in [3.05, 3.63) is 64.0 Å². The molecule has 34 heavy (non-hydrogen) atoms. The number of methoxy groups -OCH3 is 1. The average Bonchev–Trinajstić information content (AvgIpc) is 2.77. The second-order valence-corrected chi connectivity index (χ2v) is 8.69. The van der Waals surface area contributed by atoms with Crippen LogP contribution in [-0.4, -0.2) is 46.9 Å². The zero-order valence-electron chi connectivity index (χ0n) is 20.0. The maximum atomic E-state index is 13.4. The number of nitro groups is 1. The Morgan fingerprint density at radius 1 is 1.18 bits per heavy atom. The summed E-state index contributed by atoms with van der Waals surface area (Å²) in [6, 6.07) is 8.79. The van der Waals surface area contributed by atoms with E-state index in [9.17, 15) is 24.1 Å². The molecule has 10 heteroatoms. The molecule has 2 aromatic rings. The standard InChI is InChI=1S/C24H30FN3O6/c1-6-19(23(30)26-24(2,3)4)27(14-16-7-9-17(25)10-8-16)22(29)15-34-18-11-12-20(28(31)32)21(13-18)33-5/h7-13,19H,6,14-15H2,1-5H3,(H,26,30)/t19-/m1/s1. The number of hydrogen-bond acceptors (Lipinski definition) is 6. The smallest absolute Gasteiger partial charge is 0.311 e. The molecule has 1 N–H and O–H groups in total. The lowest BCUT2D eigenvalue weighted by Gasteiger charge is -2.33. The van der Waals surface area contributed by atoms with Crippen LogP contribution in [0, 0.1) is 15.9 Å². The lowest BCUT2D eigenvalue weighted by molar-refractivity contribution is -0.385. The van der Waals surface area contributed by atoms with Crippen LogP contribution in [0.5, 0.6) is 11.5 Å². The van der Waals surface area contributed by atoms with Gasteiger partial charge in [0.05, 0.1) is 12.0 Å². The third-order valence-corrected chi connectivity index (χ3v) is 4.86. The highest BCUT2D eigenvalue weighted by molar-refractivity contribution is 5.88. The van der Waals surface area contributed by atoms with Gasteiger partial charge in [-0.15, -0.1) is 0 Å². The number of carbonyl (C=O) groups is 2. The quantitative estimate of drug-likeness (QED) is 0.413. The molecule has 0 saturated heterocycles. The van der Waals surface area contributed by atoms with Gasteiger partial charge in [0.2, 0.25) is 11.7 Å². The summed E-state index contributed by atoms with van der Waals surface area (Å²) in [4.78, 5) is 38.0. The van der Waals surface area contributed by atoms with Gasteiger partial charge in [-0.2, -0.15) is 0 Å². The minimum Gasteiger partial charge on any atom is -0.490 e. The fourth-order valence-corrected chi connectivity index (χ4v) is 3.29. The van der Waals surface area contributed by atoms with Gasteiger partial charge in [-0.05, 0) is 51.0 Å². The minimum absolute atomic E-state index is 0.00546. The molecule has 0 radical (unpaired) electrons. The van der Waals surface area contributed by atoms with Gasteiger partial charge in [-0.3, -0.25) is 19.7 Å². The van der Waals surface area contributed by atoms with Crippen LogP contribution >= 0.6 is 0 Å². The van der Waals surface area contributed by atoms with Crippen molar-refractivity contribution in [1.82, 2.24) is 10.2 Å². The number of ether oxygens (including phenoxy) is 2. The van der Waals surface area contributed by atoms with Crippen LogP contribution in [0.15, 0.2) is 42.5 Å². The van der Waals surface area contributed by atoms with E-state index < -0.39 is 34.8 Å². The van der Waals surface area contributed by atoms with Crippen molar-refractivity contribution >= 4 is 17.5 Å². The predicted molar refractivity (Wildman–Crippen MR) is 124 cm³/mol. The lowest BCUT2D eigenvalue weighted by atomic mass is 10.1. The summed E-state index contributed by atoms with van der Waals surface area (Å²) in [6.07, 6.45) is 0.347. The Morgan fingerprint density at radius 2 is 1.82 bits per heavy atom. The third-order valence-electron chi connectivity index (χ3n) is 4.86. The van der Waals surface area contributed by atoms with E-state index in [2.05, 4.69) is 5.32 Å². The van der Waals surface area contributed by atoms with Crippen molar-refractivity contribution in [3.63, 3.8) is 0 Å². The molecule has 0 spiro atoms. The largest absolute Gasteiger partial charge is 0.490 e. The van der Waals surface area contributed by atoms with Crippen LogP contribution in [0.1, 0.15) is 39.7 Å². The van der Waals surface area contributed by atoms with Crippen molar-refractivity contribution in [1.29, 1.82) is 0 Å². The second-order valence-electron chi connectivity index (χ2n) is 8.69. The van der Waals surface area contributed by atoms with Crippen LogP contribution in [0.4, 0.5) is 10.1 Å². The Morgan fingerprint density at radius 3 is 2.35 bits per heavy atom. The van der Waals surface area contributed by atoms with E-state index in [-0.39, 0.29) is 29.6 Å². The number of benzene rings is 2. The monoisotopic (exact) mass is 475 g/mol. The van der Waals surface area contributed by atoms with E-state index in [0.29, 0.717) is 12.0 Å². The van der Waals surface area contributed by atoms with Gasteiger partial charge in [0.1, 0.15) is 17.6 Å². The molecule has 0 aliphatic heterocycles. The Bertz CT molecular complexity index is 1020. The lowest BCUT2D eigenvalue weighted by Crippen LogP contribution is -2.54. The molecule has 184 valence electrons. The highest BCUT2D eigenvalue weighted by Crippen LogP contribution is 2.30. The number of carbonyl (C=O) groups excluding carboxylic acids is 2. The van der Waals surface area contributed by atoms with Crippen LogP contribution in [0.3, 0.4) is 0 Å². The van der Waals surface area contributed by atoms with Crippen molar-refractivity contribution in [2.45, 2.75) is 52.2 Å². The summed E-state index contributed by atoms with van der Waals surface area (Å²) in [5.41, 5.74) is -0.0845. The normalized spacial score (nSPS) is 11.9. The number of rotatable bonds is 10. The zero-order chi connectivity index (χ0) is 25.5. The molecular weight excluding hydrogens is 445 g/mol. The fraction of sp³-hybridized carbons (Fsp3) is 0.417. The summed E-state index contributed by atoms with van der Waals surface area (Å²) in [5.74, 6) is -1.01. The Kier molecular flexibility index (Phi) is 8.94. The maximum absolute atomic E-state index is 13.4. The first-order chi connectivity index (χ1) is 15.9. The average molecular weight is 476 g/mol. The van der Waals surface area contributed by atoms with Crippen molar-refractivity contribution in [3.8, 4) is 11.5 Å². The SMILES string of the molecule is CC[C@H](C(=O)NC(C)(C)C)N(Cc1ccc(F)cc1)C(=O)COc1ccc([N+](=O)[O-])c(OC)c1. The molecule has 0 fully saturated rings. The molecule has 0 heterocycles. The first kappa shape index (κ1) is 26.6. The summed E-state index contributed by atoms with van der Waals surface area (Å²) >= 11 is 0. The molecule has 2 amide bonds. The number of nitrogens with zero attached hydrogens (tertiary/aromatic N) is 2. The van der Waals surface area contributed by atoms with Gasteiger partial charge < -0.3 is 19.7 Å². The van der Waals surface area contributed by atoms with Gasteiger partial charge in [-0.1, -0.05) is 19.1 Å². The first-order valence-electron chi connectivity index (χ1n) is 10.8. The van der Waals surface area contributed by atoms with Crippen LogP contribution in [0.25, 0.3) is 0 Å². The predicted octanol–water partition coefficient (Wildman–Crippen LogP) is 3.84. The summed E-state index contributed by atoms with van der Waals surface area (Å²) in [7, 11) is 1.29. The Balaban J connectivity index is 2.26. The molecule has 0 aliphatic rings.